The van der Waals surface area contributed by atoms with Gasteiger partial charge in [0.25, 0.3) is 0 Å². The fourth-order valence-corrected chi connectivity index (χ4v) is 4.30. The molecule has 0 aliphatic rings. The topological polar surface area (TPSA) is 91.7 Å². The summed E-state index contributed by atoms with van der Waals surface area (Å²) in [5.74, 6) is 0.0751. The minimum absolute atomic E-state index is 0.0779. The summed E-state index contributed by atoms with van der Waals surface area (Å²) < 4.78 is 7.33. The number of hydrogen-bond donors (Lipinski definition) is 0. The van der Waals surface area contributed by atoms with Gasteiger partial charge in [0.05, 0.1) is 39.9 Å². The van der Waals surface area contributed by atoms with Crippen molar-refractivity contribution < 1.29 is 9.53 Å². The second-order valence-electron chi connectivity index (χ2n) is 7.60. The predicted molar refractivity (Wildman–Crippen MR) is 126 cm³/mol. The van der Waals surface area contributed by atoms with Crippen molar-refractivity contribution in [2.75, 3.05) is 0 Å². The van der Waals surface area contributed by atoms with Gasteiger partial charge < -0.3 is 4.74 Å². The van der Waals surface area contributed by atoms with Gasteiger partial charge in [0.2, 0.25) is 0 Å². The van der Waals surface area contributed by atoms with Crippen LogP contribution in [0.2, 0.25) is 0 Å². The lowest BCUT2D eigenvalue weighted by atomic mass is 10.00. The van der Waals surface area contributed by atoms with E-state index in [2.05, 4.69) is 24.3 Å². The van der Waals surface area contributed by atoms with E-state index in [4.69, 9.17) is 9.72 Å². The zero-order chi connectivity index (χ0) is 22.9. The standard InChI is InChI=1S/C27H18N4O2/c1-2-23(32)33-16-31-26-22-13-6-4-11-20(22)19-10-3-5-12-21(19)25(26)30-27(31)24-17(14-28)8-7-9-18(24)15-29/h3-13H,2,16H2,1H3. The first kappa shape index (κ1) is 20.2. The lowest BCUT2D eigenvalue weighted by Crippen LogP contribution is -2.10. The molecule has 0 atom stereocenters. The first-order chi connectivity index (χ1) is 16.2. The molecule has 0 amide bonds. The van der Waals surface area contributed by atoms with E-state index in [0.29, 0.717) is 22.5 Å². The minimum Gasteiger partial charge on any atom is -0.444 e. The summed E-state index contributed by atoms with van der Waals surface area (Å²) in [5, 5.41) is 23.6. The highest BCUT2D eigenvalue weighted by Gasteiger charge is 2.23. The molecule has 0 aliphatic carbocycles. The molecule has 0 saturated heterocycles. The Bertz CT molecular complexity index is 1620. The van der Waals surface area contributed by atoms with Crippen molar-refractivity contribution in [2.45, 2.75) is 20.1 Å². The fourth-order valence-electron chi connectivity index (χ4n) is 4.30. The van der Waals surface area contributed by atoms with E-state index in [9.17, 15) is 15.3 Å². The zero-order valence-corrected chi connectivity index (χ0v) is 17.9. The second-order valence-corrected chi connectivity index (χ2v) is 7.60. The van der Waals surface area contributed by atoms with Crippen LogP contribution >= 0.6 is 0 Å². The van der Waals surface area contributed by atoms with E-state index in [0.717, 1.165) is 32.6 Å². The molecule has 158 valence electrons. The number of rotatable bonds is 4. The molecule has 0 spiro atoms. The molecular formula is C27H18N4O2. The molecular weight excluding hydrogens is 412 g/mol. The Balaban J connectivity index is 1.97. The van der Waals surface area contributed by atoms with Gasteiger partial charge in [-0.05, 0) is 22.9 Å². The van der Waals surface area contributed by atoms with E-state index in [1.165, 1.54) is 0 Å². The fraction of sp³-hybridized carbons (Fsp3) is 0.111. The third-order valence-corrected chi connectivity index (χ3v) is 5.79. The number of benzene rings is 4. The largest absolute Gasteiger partial charge is 0.444 e. The van der Waals surface area contributed by atoms with Gasteiger partial charge in [-0.2, -0.15) is 10.5 Å². The molecule has 1 aromatic heterocycles. The van der Waals surface area contributed by atoms with E-state index >= 15 is 0 Å². The summed E-state index contributed by atoms with van der Waals surface area (Å²) in [6.07, 6.45) is 0.240. The maximum atomic E-state index is 12.1. The van der Waals surface area contributed by atoms with Crippen LogP contribution in [0.1, 0.15) is 24.5 Å². The Labute approximate surface area is 189 Å². The number of carbonyl (C=O) groups is 1. The van der Waals surface area contributed by atoms with Crippen molar-refractivity contribution in [1.29, 1.82) is 10.5 Å². The normalized spacial score (nSPS) is 10.9. The van der Waals surface area contributed by atoms with Crippen molar-refractivity contribution in [2.24, 2.45) is 0 Å². The van der Waals surface area contributed by atoms with Gasteiger partial charge in [0, 0.05) is 17.2 Å². The van der Waals surface area contributed by atoms with Crippen molar-refractivity contribution >= 4 is 38.5 Å². The summed E-state index contributed by atoms with van der Waals surface area (Å²) in [7, 11) is 0. The summed E-state index contributed by atoms with van der Waals surface area (Å²) in [6.45, 7) is 1.66. The second kappa shape index (κ2) is 8.11. The number of ether oxygens (including phenoxy) is 1. The van der Waals surface area contributed by atoms with E-state index < -0.39 is 0 Å². The maximum Gasteiger partial charge on any atom is 0.307 e. The van der Waals surface area contributed by atoms with Crippen LogP contribution in [-0.2, 0) is 16.3 Å². The predicted octanol–water partition coefficient (Wildman–Crippen LogP) is 5.66. The number of carbonyl (C=O) groups excluding carboxylic acids is 1. The summed E-state index contributed by atoms with van der Waals surface area (Å²) >= 11 is 0. The van der Waals surface area contributed by atoms with Crippen LogP contribution < -0.4 is 0 Å². The molecule has 6 heteroatoms. The Morgan fingerprint density at radius 1 is 0.879 bits per heavy atom. The Kier molecular flexibility index (Phi) is 4.97. The summed E-state index contributed by atoms with van der Waals surface area (Å²) in [4.78, 5) is 17.0. The van der Waals surface area contributed by atoms with E-state index in [1.807, 2.05) is 36.4 Å². The minimum atomic E-state index is -0.345. The summed E-state index contributed by atoms with van der Waals surface area (Å²) in [5.41, 5.74) is 2.62. The van der Waals surface area contributed by atoms with Gasteiger partial charge in [0.15, 0.2) is 6.73 Å². The number of hydrogen-bond acceptors (Lipinski definition) is 5. The highest BCUT2D eigenvalue weighted by atomic mass is 16.5. The average Bonchev–Trinajstić information content (AvgIpc) is 3.26. The van der Waals surface area contributed by atoms with Gasteiger partial charge in [-0.15, -0.1) is 0 Å². The van der Waals surface area contributed by atoms with E-state index in [-0.39, 0.29) is 19.1 Å². The number of esters is 1. The van der Waals surface area contributed by atoms with E-state index in [1.54, 1.807) is 29.7 Å². The SMILES string of the molecule is CCC(=O)OCn1c(-c2c(C#N)cccc2C#N)nc2c3ccccc3c3ccccc3c21. The van der Waals surface area contributed by atoms with Gasteiger partial charge in [-0.3, -0.25) is 9.36 Å². The van der Waals surface area contributed by atoms with Crippen LogP contribution in [0.25, 0.3) is 44.0 Å². The van der Waals surface area contributed by atoms with Crippen LogP contribution in [0.5, 0.6) is 0 Å². The Hall–Kier alpha value is -4.68. The molecule has 5 aromatic rings. The summed E-state index contributed by atoms with van der Waals surface area (Å²) in [6, 6.07) is 25.4. The van der Waals surface area contributed by atoms with Crippen LogP contribution in [0.3, 0.4) is 0 Å². The van der Waals surface area contributed by atoms with Gasteiger partial charge in [-0.1, -0.05) is 61.5 Å². The van der Waals surface area contributed by atoms with Gasteiger partial charge in [-0.25, -0.2) is 4.98 Å². The molecule has 4 aromatic carbocycles. The van der Waals surface area contributed by atoms with Crippen LogP contribution in [0, 0.1) is 22.7 Å². The Morgan fingerprint density at radius 2 is 1.45 bits per heavy atom. The molecule has 0 radical (unpaired) electrons. The third-order valence-electron chi connectivity index (χ3n) is 5.79. The molecule has 0 saturated carbocycles. The highest BCUT2D eigenvalue weighted by Crippen LogP contribution is 2.38. The average molecular weight is 430 g/mol. The molecule has 6 nitrogen and oxygen atoms in total. The van der Waals surface area contributed by atoms with Gasteiger partial charge in [0.1, 0.15) is 5.82 Å². The van der Waals surface area contributed by atoms with Crippen LogP contribution in [0.15, 0.2) is 66.7 Å². The molecule has 0 N–H and O–H groups in total. The molecule has 1 heterocycles. The molecule has 0 unspecified atom stereocenters. The zero-order valence-electron chi connectivity index (χ0n) is 17.9. The van der Waals surface area contributed by atoms with Crippen LogP contribution in [0.4, 0.5) is 0 Å². The van der Waals surface area contributed by atoms with Crippen molar-refractivity contribution in [3.8, 4) is 23.5 Å². The molecule has 0 aliphatic heterocycles. The van der Waals surface area contributed by atoms with Crippen molar-refractivity contribution in [3.05, 3.63) is 77.9 Å². The van der Waals surface area contributed by atoms with Gasteiger partial charge >= 0.3 is 5.97 Å². The van der Waals surface area contributed by atoms with Crippen molar-refractivity contribution in [1.82, 2.24) is 9.55 Å². The number of nitrogens with zero attached hydrogens (tertiary/aromatic N) is 4. The third kappa shape index (κ3) is 3.17. The molecule has 33 heavy (non-hydrogen) atoms. The monoisotopic (exact) mass is 430 g/mol. The number of fused-ring (bicyclic) bond motifs is 6. The lowest BCUT2D eigenvalue weighted by Gasteiger charge is -2.13. The molecule has 0 fully saturated rings. The lowest BCUT2D eigenvalue weighted by molar-refractivity contribution is -0.146. The molecule has 5 rings (SSSR count). The molecule has 0 bridgehead atoms. The smallest absolute Gasteiger partial charge is 0.307 e. The first-order valence-electron chi connectivity index (χ1n) is 10.6. The van der Waals surface area contributed by atoms with Crippen LogP contribution in [-0.4, -0.2) is 15.5 Å². The Morgan fingerprint density at radius 3 is 2.06 bits per heavy atom. The number of aromatic nitrogens is 2. The maximum absolute atomic E-state index is 12.1. The number of nitriles is 2. The van der Waals surface area contributed by atoms with Crippen molar-refractivity contribution in [3.63, 3.8) is 0 Å². The quantitative estimate of drug-likeness (QED) is 0.271. The highest BCUT2D eigenvalue weighted by molar-refractivity contribution is 6.23. The first-order valence-corrected chi connectivity index (χ1v) is 10.6. The number of imidazole rings is 1.